The van der Waals surface area contributed by atoms with Gasteiger partial charge in [0.2, 0.25) is 0 Å². The van der Waals surface area contributed by atoms with E-state index in [0.717, 1.165) is 5.56 Å². The van der Waals surface area contributed by atoms with E-state index in [1.54, 1.807) is 48.8 Å². The molecule has 0 spiro atoms. The highest BCUT2D eigenvalue weighted by atomic mass is 35.5. The highest BCUT2D eigenvalue weighted by Crippen LogP contribution is 2.22. The van der Waals surface area contributed by atoms with Crippen molar-refractivity contribution in [1.29, 1.82) is 0 Å². The van der Waals surface area contributed by atoms with Gasteiger partial charge in [-0.05, 0) is 29.8 Å². The maximum Gasteiger partial charge on any atom is 0.307 e. The van der Waals surface area contributed by atoms with E-state index in [1.807, 2.05) is 0 Å². The lowest BCUT2D eigenvalue weighted by molar-refractivity contribution is -0.141. The van der Waals surface area contributed by atoms with Crippen LogP contribution in [-0.2, 0) is 9.53 Å². The van der Waals surface area contributed by atoms with Gasteiger partial charge in [-0.1, -0.05) is 23.7 Å². The van der Waals surface area contributed by atoms with Crippen LogP contribution in [0.25, 0.3) is 11.0 Å². The Morgan fingerprint density at radius 2 is 2.00 bits per heavy atom. The van der Waals surface area contributed by atoms with E-state index < -0.39 is 12.0 Å². The van der Waals surface area contributed by atoms with Gasteiger partial charge in [0.05, 0.1) is 25.1 Å². The first-order chi connectivity index (χ1) is 12.1. The van der Waals surface area contributed by atoms with Crippen molar-refractivity contribution in [3.05, 3.63) is 64.9 Å². The molecule has 3 aromatic rings. The first kappa shape index (κ1) is 17.0. The first-order valence-corrected chi connectivity index (χ1v) is 8.01. The van der Waals surface area contributed by atoms with Crippen LogP contribution < -0.4 is 5.32 Å². The molecule has 2 aromatic heterocycles. The zero-order valence-electron chi connectivity index (χ0n) is 13.5. The van der Waals surface area contributed by atoms with E-state index >= 15 is 0 Å². The van der Waals surface area contributed by atoms with Gasteiger partial charge < -0.3 is 15.0 Å². The van der Waals surface area contributed by atoms with Gasteiger partial charge in [-0.3, -0.25) is 9.59 Å². The van der Waals surface area contributed by atoms with E-state index in [9.17, 15) is 9.59 Å². The molecule has 2 heterocycles. The summed E-state index contributed by atoms with van der Waals surface area (Å²) in [5.74, 6) is -0.711. The first-order valence-electron chi connectivity index (χ1n) is 7.63. The Balaban J connectivity index is 1.88. The largest absolute Gasteiger partial charge is 0.469 e. The quantitative estimate of drug-likeness (QED) is 0.686. The number of rotatable bonds is 5. The fraction of sp³-hybridized carbons (Fsp3) is 0.167. The number of hydrogen-bond acceptors (Lipinski definition) is 4. The molecule has 0 bridgehead atoms. The van der Waals surface area contributed by atoms with Crippen LogP contribution in [0.3, 0.4) is 0 Å². The summed E-state index contributed by atoms with van der Waals surface area (Å²) in [4.78, 5) is 31.6. The van der Waals surface area contributed by atoms with Crippen molar-refractivity contribution in [2.45, 2.75) is 12.5 Å². The van der Waals surface area contributed by atoms with Crippen molar-refractivity contribution in [1.82, 2.24) is 15.3 Å². The topological polar surface area (TPSA) is 84.1 Å². The van der Waals surface area contributed by atoms with Gasteiger partial charge in [-0.25, -0.2) is 4.98 Å². The average Bonchev–Trinajstić information content (AvgIpc) is 3.10. The van der Waals surface area contributed by atoms with Gasteiger partial charge in [0.25, 0.3) is 5.91 Å². The minimum atomic E-state index is -0.528. The highest BCUT2D eigenvalue weighted by Gasteiger charge is 2.21. The Hall–Kier alpha value is -2.86. The molecule has 0 fully saturated rings. The Bertz CT molecular complexity index is 905. The zero-order valence-corrected chi connectivity index (χ0v) is 14.2. The molecular formula is C18H16ClN3O3. The molecule has 0 aliphatic carbocycles. The lowest BCUT2D eigenvalue weighted by Gasteiger charge is -2.18. The summed E-state index contributed by atoms with van der Waals surface area (Å²) in [6, 6.07) is 9.87. The molecule has 1 atom stereocenters. The van der Waals surface area contributed by atoms with Crippen LogP contribution in [0.4, 0.5) is 0 Å². The molecule has 25 heavy (non-hydrogen) atoms. The zero-order chi connectivity index (χ0) is 17.8. The molecule has 2 N–H and O–H groups in total. The van der Waals surface area contributed by atoms with Crippen LogP contribution in [-0.4, -0.2) is 29.0 Å². The standard InChI is InChI=1S/C18H16ClN3O3/c1-25-16(23)10-15(11-2-4-12(19)5-3-11)22-18(24)14-7-9-21-17-13(14)6-8-20-17/h2-9,15H,10H2,1H3,(H,20,21)(H,22,24). The number of ether oxygens (including phenoxy) is 1. The maximum absolute atomic E-state index is 12.7. The minimum Gasteiger partial charge on any atom is -0.469 e. The molecule has 6 nitrogen and oxygen atoms in total. The van der Waals surface area contributed by atoms with Gasteiger partial charge in [0, 0.05) is 22.8 Å². The van der Waals surface area contributed by atoms with Crippen LogP contribution in [0, 0.1) is 0 Å². The number of aromatic nitrogens is 2. The monoisotopic (exact) mass is 357 g/mol. The van der Waals surface area contributed by atoms with E-state index in [0.29, 0.717) is 21.6 Å². The Kier molecular flexibility index (Phi) is 5.00. The van der Waals surface area contributed by atoms with Gasteiger partial charge in [-0.2, -0.15) is 0 Å². The second-order valence-corrected chi connectivity index (χ2v) is 5.89. The number of H-pyrrole nitrogens is 1. The summed E-state index contributed by atoms with van der Waals surface area (Å²) in [7, 11) is 1.31. The Morgan fingerprint density at radius 3 is 2.72 bits per heavy atom. The van der Waals surface area contributed by atoms with Gasteiger partial charge >= 0.3 is 5.97 Å². The van der Waals surface area contributed by atoms with Crippen LogP contribution >= 0.6 is 11.6 Å². The number of aromatic amines is 1. The Labute approximate surface area is 149 Å². The number of nitrogens with one attached hydrogen (secondary N) is 2. The number of hydrogen-bond donors (Lipinski definition) is 2. The summed E-state index contributed by atoms with van der Waals surface area (Å²) < 4.78 is 4.74. The van der Waals surface area contributed by atoms with E-state index in [2.05, 4.69) is 15.3 Å². The molecule has 0 aliphatic heterocycles. The van der Waals surface area contributed by atoms with Crippen molar-refractivity contribution < 1.29 is 14.3 Å². The number of benzene rings is 1. The van der Waals surface area contributed by atoms with Crippen LogP contribution in [0.15, 0.2) is 48.8 Å². The van der Waals surface area contributed by atoms with E-state index in [4.69, 9.17) is 16.3 Å². The van der Waals surface area contributed by atoms with Crippen molar-refractivity contribution in [2.24, 2.45) is 0 Å². The summed E-state index contributed by atoms with van der Waals surface area (Å²) >= 11 is 5.91. The lowest BCUT2D eigenvalue weighted by atomic mass is 10.0. The molecule has 0 saturated carbocycles. The molecule has 1 aromatic carbocycles. The van der Waals surface area contributed by atoms with Gasteiger partial charge in [0.1, 0.15) is 5.65 Å². The number of fused-ring (bicyclic) bond motifs is 1. The minimum absolute atomic E-state index is 0.0191. The third-order valence-corrected chi connectivity index (χ3v) is 4.13. The average molecular weight is 358 g/mol. The smallest absolute Gasteiger partial charge is 0.307 e. The third-order valence-electron chi connectivity index (χ3n) is 3.88. The molecule has 7 heteroatoms. The summed E-state index contributed by atoms with van der Waals surface area (Å²) in [6.45, 7) is 0. The molecule has 0 aliphatic rings. The van der Waals surface area contributed by atoms with Crippen molar-refractivity contribution >= 4 is 34.5 Å². The number of carbonyl (C=O) groups excluding carboxylic acids is 2. The second kappa shape index (κ2) is 7.36. The number of halogens is 1. The number of carbonyl (C=O) groups is 2. The Morgan fingerprint density at radius 1 is 1.24 bits per heavy atom. The van der Waals surface area contributed by atoms with Crippen LogP contribution in [0.1, 0.15) is 28.4 Å². The molecule has 3 rings (SSSR count). The summed E-state index contributed by atoms with van der Waals surface area (Å²) in [6.07, 6.45) is 3.30. The van der Waals surface area contributed by atoms with Crippen molar-refractivity contribution in [2.75, 3.05) is 7.11 Å². The number of nitrogens with zero attached hydrogens (tertiary/aromatic N) is 1. The third kappa shape index (κ3) is 3.80. The summed E-state index contributed by atoms with van der Waals surface area (Å²) in [5.41, 5.74) is 1.88. The lowest BCUT2D eigenvalue weighted by Crippen LogP contribution is -2.30. The molecular weight excluding hydrogens is 342 g/mol. The van der Waals surface area contributed by atoms with Crippen LogP contribution in [0.5, 0.6) is 0 Å². The second-order valence-electron chi connectivity index (χ2n) is 5.46. The predicted molar refractivity (Wildman–Crippen MR) is 94.4 cm³/mol. The molecule has 1 amide bonds. The molecule has 0 saturated heterocycles. The molecule has 128 valence electrons. The predicted octanol–water partition coefficient (Wildman–Crippen LogP) is 3.25. The number of amides is 1. The normalized spacial score (nSPS) is 11.9. The summed E-state index contributed by atoms with van der Waals surface area (Å²) in [5, 5.41) is 4.19. The van der Waals surface area contributed by atoms with E-state index in [1.165, 1.54) is 7.11 Å². The van der Waals surface area contributed by atoms with Crippen molar-refractivity contribution in [3.63, 3.8) is 0 Å². The number of pyridine rings is 1. The molecule has 0 radical (unpaired) electrons. The van der Waals surface area contributed by atoms with Crippen molar-refractivity contribution in [3.8, 4) is 0 Å². The molecule has 1 unspecified atom stereocenters. The van der Waals surface area contributed by atoms with Gasteiger partial charge in [0.15, 0.2) is 0 Å². The maximum atomic E-state index is 12.7. The van der Waals surface area contributed by atoms with Crippen LogP contribution in [0.2, 0.25) is 5.02 Å². The van der Waals surface area contributed by atoms with E-state index in [-0.39, 0.29) is 12.3 Å². The SMILES string of the molecule is COC(=O)CC(NC(=O)c1ccnc2[nH]ccc12)c1ccc(Cl)cc1. The number of methoxy groups -OCH3 is 1. The number of esters is 1. The van der Waals surface area contributed by atoms with Gasteiger partial charge in [-0.15, -0.1) is 0 Å². The highest BCUT2D eigenvalue weighted by molar-refractivity contribution is 6.30. The fourth-order valence-electron chi connectivity index (χ4n) is 2.59. The fourth-order valence-corrected chi connectivity index (χ4v) is 2.72.